The molecule has 0 bridgehead atoms. The third-order valence-electron chi connectivity index (χ3n) is 6.88. The van der Waals surface area contributed by atoms with E-state index in [1.165, 1.54) is 11.1 Å². The number of aryl methyl sites for hydroxylation is 1. The van der Waals surface area contributed by atoms with Crippen molar-refractivity contribution in [3.8, 4) is 5.75 Å². The highest BCUT2D eigenvalue weighted by Crippen LogP contribution is 2.27. The van der Waals surface area contributed by atoms with Gasteiger partial charge in [0.2, 0.25) is 5.91 Å². The molecule has 37 heavy (non-hydrogen) atoms. The lowest BCUT2D eigenvalue weighted by molar-refractivity contribution is -0.135. The van der Waals surface area contributed by atoms with Crippen molar-refractivity contribution in [2.45, 2.75) is 45.1 Å². The van der Waals surface area contributed by atoms with E-state index in [2.05, 4.69) is 46.8 Å². The molecule has 200 valence electrons. The molecule has 0 saturated carbocycles. The van der Waals surface area contributed by atoms with Gasteiger partial charge in [0.25, 0.3) is 0 Å². The summed E-state index contributed by atoms with van der Waals surface area (Å²) in [4.78, 5) is 29.5. The maximum atomic E-state index is 13.1. The van der Waals surface area contributed by atoms with Crippen LogP contribution in [0.25, 0.3) is 10.2 Å². The van der Waals surface area contributed by atoms with Crippen LogP contribution in [0.15, 0.2) is 41.2 Å². The summed E-state index contributed by atoms with van der Waals surface area (Å²) in [5, 5.41) is 16.9. The molecule has 4 N–H and O–H groups in total. The number of rotatable bonds is 13. The van der Waals surface area contributed by atoms with Crippen molar-refractivity contribution in [2.24, 2.45) is 0 Å². The molecule has 1 amide bonds. The van der Waals surface area contributed by atoms with Crippen LogP contribution in [0.5, 0.6) is 5.75 Å². The molecule has 1 aliphatic rings. The number of aromatic nitrogens is 1. The van der Waals surface area contributed by atoms with Crippen LogP contribution in [0.2, 0.25) is 0 Å². The Kier molecular flexibility index (Phi) is 10.1. The summed E-state index contributed by atoms with van der Waals surface area (Å²) < 4.78 is 6.33. The van der Waals surface area contributed by atoms with Gasteiger partial charge in [-0.05, 0) is 62.9 Å². The third-order valence-corrected chi connectivity index (χ3v) is 7.84. The summed E-state index contributed by atoms with van der Waals surface area (Å²) in [5.41, 5.74) is 4.12. The zero-order valence-corrected chi connectivity index (χ0v) is 22.4. The van der Waals surface area contributed by atoms with E-state index in [4.69, 9.17) is 4.74 Å². The van der Waals surface area contributed by atoms with E-state index in [0.717, 1.165) is 60.4 Å². The second-order valence-corrected chi connectivity index (χ2v) is 10.6. The average molecular weight is 527 g/mol. The highest BCUT2D eigenvalue weighted by molar-refractivity contribution is 7.16. The second kappa shape index (κ2) is 13.7. The Morgan fingerprint density at radius 2 is 1.89 bits per heavy atom. The molecule has 0 radical (unpaired) electrons. The van der Waals surface area contributed by atoms with E-state index in [1.54, 1.807) is 6.07 Å². The predicted octanol–water partition coefficient (Wildman–Crippen LogP) is 2.97. The first-order valence-electron chi connectivity index (χ1n) is 13.2. The number of H-pyrrole nitrogens is 1. The van der Waals surface area contributed by atoms with Gasteiger partial charge in [-0.1, -0.05) is 47.2 Å². The number of phenols is 1. The van der Waals surface area contributed by atoms with Crippen molar-refractivity contribution in [3.63, 3.8) is 0 Å². The first-order valence-corrected chi connectivity index (χ1v) is 14.0. The quantitative estimate of drug-likeness (QED) is 0.255. The number of nitrogens with one attached hydrogen (secondary N) is 3. The Labute approximate surface area is 222 Å². The average Bonchev–Trinajstić information content (AvgIpc) is 3.30. The maximum absolute atomic E-state index is 13.1. The van der Waals surface area contributed by atoms with Crippen LogP contribution >= 0.6 is 11.3 Å². The van der Waals surface area contributed by atoms with Gasteiger partial charge < -0.3 is 30.4 Å². The molecule has 9 heteroatoms. The van der Waals surface area contributed by atoms with E-state index in [9.17, 15) is 14.7 Å². The Balaban J connectivity index is 1.22. The lowest BCUT2D eigenvalue weighted by Crippen LogP contribution is -2.47. The number of aromatic amines is 1. The van der Waals surface area contributed by atoms with Crippen LogP contribution < -0.4 is 15.5 Å². The van der Waals surface area contributed by atoms with Crippen molar-refractivity contribution in [2.75, 3.05) is 45.9 Å². The van der Waals surface area contributed by atoms with Gasteiger partial charge in [0.15, 0.2) is 0 Å². The van der Waals surface area contributed by atoms with E-state index in [0.29, 0.717) is 44.8 Å². The first kappa shape index (κ1) is 27.3. The number of thiazole rings is 1. The molecule has 0 atom stereocenters. The van der Waals surface area contributed by atoms with Gasteiger partial charge in [0, 0.05) is 45.3 Å². The number of fused-ring (bicyclic) bond motifs is 1. The fourth-order valence-electron chi connectivity index (χ4n) is 4.89. The predicted molar refractivity (Wildman–Crippen MR) is 149 cm³/mol. The SMILES string of the molecule is Cc1cccc(CCNCCC(=O)N(CCNCCc2ccc(O)c3[nH]c(=O)sc23)C2CCOCC2)c1. The Morgan fingerprint density at radius 3 is 2.70 bits per heavy atom. The molecule has 1 aromatic heterocycles. The summed E-state index contributed by atoms with van der Waals surface area (Å²) in [6, 6.07) is 12.3. The lowest BCUT2D eigenvalue weighted by atomic mass is 10.1. The number of ether oxygens (including phenoxy) is 1. The van der Waals surface area contributed by atoms with Crippen molar-refractivity contribution < 1.29 is 14.6 Å². The largest absolute Gasteiger partial charge is 0.506 e. The number of aromatic hydroxyl groups is 1. The molecule has 4 rings (SSSR count). The van der Waals surface area contributed by atoms with Gasteiger partial charge in [-0.15, -0.1) is 0 Å². The van der Waals surface area contributed by atoms with Crippen molar-refractivity contribution in [1.29, 1.82) is 0 Å². The van der Waals surface area contributed by atoms with Crippen LogP contribution in [0.4, 0.5) is 0 Å². The number of amides is 1. The summed E-state index contributed by atoms with van der Waals surface area (Å²) in [6.45, 7) is 7.13. The molecule has 1 fully saturated rings. The molecule has 2 aromatic carbocycles. The minimum absolute atomic E-state index is 0.0975. The third kappa shape index (κ3) is 7.88. The first-order chi connectivity index (χ1) is 18.0. The van der Waals surface area contributed by atoms with Gasteiger partial charge >= 0.3 is 4.87 Å². The monoisotopic (exact) mass is 526 g/mol. The molecule has 8 nitrogen and oxygen atoms in total. The van der Waals surface area contributed by atoms with Gasteiger partial charge in [0.1, 0.15) is 11.3 Å². The van der Waals surface area contributed by atoms with Crippen LogP contribution in [0.3, 0.4) is 0 Å². The molecular formula is C28H38N4O4S. The Bertz CT molecular complexity index is 1220. The number of nitrogens with zero attached hydrogens (tertiary/aromatic N) is 1. The normalized spacial score (nSPS) is 14.3. The molecule has 1 saturated heterocycles. The van der Waals surface area contributed by atoms with Crippen LogP contribution in [0.1, 0.15) is 36.0 Å². The van der Waals surface area contributed by atoms with Gasteiger partial charge in [-0.25, -0.2) is 0 Å². The molecule has 3 aromatic rings. The number of hydrogen-bond acceptors (Lipinski definition) is 7. The maximum Gasteiger partial charge on any atom is 0.305 e. The van der Waals surface area contributed by atoms with Crippen molar-refractivity contribution >= 4 is 27.5 Å². The molecule has 0 spiro atoms. The summed E-state index contributed by atoms with van der Waals surface area (Å²) >= 11 is 1.12. The fourth-order valence-corrected chi connectivity index (χ4v) is 5.79. The molecule has 0 unspecified atom stereocenters. The molecular weight excluding hydrogens is 488 g/mol. The second-order valence-electron chi connectivity index (χ2n) is 9.63. The zero-order valence-electron chi connectivity index (χ0n) is 21.6. The number of carbonyl (C=O) groups is 1. The van der Waals surface area contributed by atoms with E-state index in [-0.39, 0.29) is 22.6 Å². The van der Waals surface area contributed by atoms with E-state index < -0.39 is 0 Å². The number of hydrogen-bond donors (Lipinski definition) is 4. The minimum atomic E-state index is -0.166. The summed E-state index contributed by atoms with van der Waals surface area (Å²) in [7, 11) is 0. The number of carbonyl (C=O) groups excluding carboxylic acids is 1. The zero-order chi connectivity index (χ0) is 26.0. The highest BCUT2D eigenvalue weighted by atomic mass is 32.1. The van der Waals surface area contributed by atoms with Crippen LogP contribution in [-0.4, -0.2) is 72.9 Å². The summed E-state index contributed by atoms with van der Waals surface area (Å²) in [6.07, 6.45) is 3.94. The standard InChI is InChI=1S/C28H38N4O4S/c1-20-3-2-4-21(19-20)7-12-29-14-9-25(34)32(23-10-17-36-18-11-23)16-15-30-13-8-22-5-6-24(33)26-27(22)37-28(35)31-26/h2-6,19,23,29-30,33H,7-18H2,1H3,(H,31,35). The Hall–Kier alpha value is -2.72. The summed E-state index contributed by atoms with van der Waals surface area (Å²) in [5.74, 6) is 0.287. The smallest absolute Gasteiger partial charge is 0.305 e. The molecule has 2 heterocycles. The molecule has 1 aliphatic heterocycles. The Morgan fingerprint density at radius 1 is 1.11 bits per heavy atom. The van der Waals surface area contributed by atoms with E-state index in [1.807, 2.05) is 11.0 Å². The fraction of sp³-hybridized carbons (Fsp3) is 0.500. The lowest BCUT2D eigenvalue weighted by Gasteiger charge is -2.34. The number of phenolic OH excluding ortho intramolecular Hbond substituents is 1. The van der Waals surface area contributed by atoms with Crippen LogP contribution in [0, 0.1) is 6.92 Å². The number of benzene rings is 2. The minimum Gasteiger partial charge on any atom is -0.506 e. The van der Waals surface area contributed by atoms with Crippen molar-refractivity contribution in [1.82, 2.24) is 20.5 Å². The van der Waals surface area contributed by atoms with Gasteiger partial charge in [-0.2, -0.15) is 0 Å². The van der Waals surface area contributed by atoms with Crippen molar-refractivity contribution in [3.05, 3.63) is 62.8 Å². The topological polar surface area (TPSA) is 107 Å². The van der Waals surface area contributed by atoms with Gasteiger partial charge in [0.05, 0.1) is 4.70 Å². The van der Waals surface area contributed by atoms with Crippen LogP contribution in [-0.2, 0) is 22.4 Å². The van der Waals surface area contributed by atoms with E-state index >= 15 is 0 Å². The highest BCUT2D eigenvalue weighted by Gasteiger charge is 2.25. The van der Waals surface area contributed by atoms with Gasteiger partial charge in [-0.3, -0.25) is 9.59 Å². The molecule has 0 aliphatic carbocycles.